The summed E-state index contributed by atoms with van der Waals surface area (Å²) >= 11 is 7.37. The van der Waals surface area contributed by atoms with Crippen LogP contribution in [0.2, 0.25) is 5.02 Å². The molecule has 1 aliphatic heterocycles. The van der Waals surface area contributed by atoms with Crippen molar-refractivity contribution in [1.82, 2.24) is 14.5 Å². The van der Waals surface area contributed by atoms with Crippen LogP contribution in [0, 0.1) is 0 Å². The molecule has 0 aliphatic carbocycles. The monoisotopic (exact) mass is 401 g/mol. The second kappa shape index (κ2) is 6.81. The average Bonchev–Trinajstić information content (AvgIpc) is 3.05. The van der Waals surface area contributed by atoms with Crippen LogP contribution in [0.5, 0.6) is 0 Å². The Bertz CT molecular complexity index is 926. The number of thioether (sulfide) groups is 1. The number of imidazole rings is 1. The normalized spacial score (nSPS) is 20.7. The largest absolute Gasteiger partial charge is 0.341 e. The molecule has 3 rings (SSSR count). The van der Waals surface area contributed by atoms with Crippen molar-refractivity contribution in [3.63, 3.8) is 0 Å². The van der Waals surface area contributed by atoms with Crippen LogP contribution in [0.15, 0.2) is 23.4 Å². The van der Waals surface area contributed by atoms with E-state index in [1.807, 2.05) is 30.7 Å². The summed E-state index contributed by atoms with van der Waals surface area (Å²) in [6.07, 6.45) is 0.507. The number of halogens is 1. The van der Waals surface area contributed by atoms with E-state index in [4.69, 9.17) is 11.6 Å². The fourth-order valence-corrected chi connectivity index (χ4v) is 5.94. The van der Waals surface area contributed by atoms with Gasteiger partial charge in [0.15, 0.2) is 15.0 Å². The maximum atomic E-state index is 12.7. The maximum Gasteiger partial charge on any atom is 0.235 e. The van der Waals surface area contributed by atoms with Gasteiger partial charge in [-0.15, -0.1) is 0 Å². The van der Waals surface area contributed by atoms with Crippen molar-refractivity contribution in [2.45, 2.75) is 29.8 Å². The lowest BCUT2D eigenvalue weighted by Crippen LogP contribution is -2.41. The number of hydrogen-bond acceptors (Lipinski definition) is 5. The van der Waals surface area contributed by atoms with Crippen LogP contribution in [0.25, 0.3) is 11.0 Å². The van der Waals surface area contributed by atoms with Gasteiger partial charge in [0.05, 0.1) is 27.8 Å². The molecule has 2 aromatic rings. The Labute approximate surface area is 156 Å². The second-order valence-electron chi connectivity index (χ2n) is 6.35. The van der Waals surface area contributed by atoms with Crippen LogP contribution < -0.4 is 0 Å². The Morgan fingerprint density at radius 2 is 2.20 bits per heavy atom. The molecule has 1 fully saturated rings. The minimum absolute atomic E-state index is 0.0530. The van der Waals surface area contributed by atoms with Gasteiger partial charge in [-0.05, 0) is 31.5 Å². The quantitative estimate of drug-likeness (QED) is 0.735. The van der Waals surface area contributed by atoms with Crippen molar-refractivity contribution in [3.8, 4) is 0 Å². The number of aromatic nitrogens is 2. The van der Waals surface area contributed by atoms with Gasteiger partial charge in [0.1, 0.15) is 0 Å². The molecule has 1 aliphatic rings. The number of carbonyl (C=O) groups is 1. The van der Waals surface area contributed by atoms with Crippen molar-refractivity contribution in [2.24, 2.45) is 7.05 Å². The van der Waals surface area contributed by atoms with Crippen molar-refractivity contribution in [3.05, 3.63) is 23.2 Å². The molecule has 0 radical (unpaired) electrons. The van der Waals surface area contributed by atoms with Gasteiger partial charge in [0.2, 0.25) is 5.91 Å². The molecule has 9 heteroatoms. The molecule has 0 unspecified atom stereocenters. The first-order valence-electron chi connectivity index (χ1n) is 7.93. The zero-order valence-electron chi connectivity index (χ0n) is 14.3. The minimum atomic E-state index is -3.02. The number of aryl methyl sites for hydroxylation is 1. The predicted octanol–water partition coefficient (Wildman–Crippen LogP) is 2.35. The van der Waals surface area contributed by atoms with Crippen LogP contribution >= 0.6 is 23.4 Å². The molecular formula is C16H20ClN3O3S2. The Hall–Kier alpha value is -1.25. The van der Waals surface area contributed by atoms with Gasteiger partial charge >= 0.3 is 0 Å². The standard InChI is InChI=1S/C16H20ClN3O3S2/c1-10(15(21)19(2)12-6-7-25(22,23)9-12)24-16-18-13-8-11(17)4-5-14(13)20(16)3/h4-5,8,10,12H,6-7,9H2,1-3H3/t10-,12-/m1/s1. The lowest BCUT2D eigenvalue weighted by atomic mass is 10.2. The fourth-order valence-electron chi connectivity index (χ4n) is 3.01. The molecule has 0 N–H and O–H groups in total. The molecule has 136 valence electrons. The summed E-state index contributed by atoms with van der Waals surface area (Å²) in [6, 6.07) is 5.27. The maximum absolute atomic E-state index is 12.7. The van der Waals surface area contributed by atoms with Crippen LogP contribution in [-0.2, 0) is 21.7 Å². The molecule has 25 heavy (non-hydrogen) atoms. The number of rotatable bonds is 4. The smallest absolute Gasteiger partial charge is 0.235 e. The number of hydrogen-bond donors (Lipinski definition) is 0. The molecule has 2 atom stereocenters. The molecular weight excluding hydrogens is 382 g/mol. The first kappa shape index (κ1) is 18.5. The highest BCUT2D eigenvalue weighted by Gasteiger charge is 2.34. The number of sulfone groups is 1. The highest BCUT2D eigenvalue weighted by Crippen LogP contribution is 2.29. The second-order valence-corrected chi connectivity index (χ2v) is 10.3. The summed E-state index contributed by atoms with van der Waals surface area (Å²) < 4.78 is 25.2. The number of carbonyl (C=O) groups excluding carboxylic acids is 1. The Kier molecular flexibility index (Phi) is 5.05. The predicted molar refractivity (Wildman–Crippen MR) is 101 cm³/mol. The zero-order valence-corrected chi connectivity index (χ0v) is 16.7. The highest BCUT2D eigenvalue weighted by atomic mass is 35.5. The van der Waals surface area contributed by atoms with Crippen LogP contribution in [0.3, 0.4) is 0 Å². The molecule has 0 saturated carbocycles. The zero-order chi connectivity index (χ0) is 18.4. The SMILES string of the molecule is C[C@@H](Sc1nc2cc(Cl)ccc2n1C)C(=O)N(C)[C@@H]1CCS(=O)(=O)C1. The third-order valence-electron chi connectivity index (χ3n) is 4.54. The van der Waals surface area contributed by atoms with Gasteiger partial charge in [0.25, 0.3) is 0 Å². The van der Waals surface area contributed by atoms with Crippen molar-refractivity contribution in [2.75, 3.05) is 18.6 Å². The molecule has 1 saturated heterocycles. The molecule has 2 heterocycles. The summed E-state index contributed by atoms with van der Waals surface area (Å²) in [5, 5.41) is 0.985. The van der Waals surface area contributed by atoms with E-state index >= 15 is 0 Å². The molecule has 0 bridgehead atoms. The van der Waals surface area contributed by atoms with E-state index in [0.717, 1.165) is 16.2 Å². The van der Waals surface area contributed by atoms with Crippen molar-refractivity contribution < 1.29 is 13.2 Å². The van der Waals surface area contributed by atoms with Crippen molar-refractivity contribution >= 4 is 50.1 Å². The molecule has 6 nitrogen and oxygen atoms in total. The first-order chi connectivity index (χ1) is 11.7. The number of amides is 1. The van der Waals surface area contributed by atoms with Crippen LogP contribution in [-0.4, -0.2) is 58.6 Å². The summed E-state index contributed by atoms with van der Waals surface area (Å²) in [5.41, 5.74) is 1.73. The number of fused-ring (bicyclic) bond motifs is 1. The van der Waals surface area contributed by atoms with E-state index in [9.17, 15) is 13.2 Å². The van der Waals surface area contributed by atoms with Crippen LogP contribution in [0.4, 0.5) is 0 Å². The fraction of sp³-hybridized carbons (Fsp3) is 0.500. The Balaban J connectivity index is 1.74. The lowest BCUT2D eigenvalue weighted by Gasteiger charge is -2.26. The van der Waals surface area contributed by atoms with Gasteiger partial charge in [-0.1, -0.05) is 23.4 Å². The summed E-state index contributed by atoms with van der Waals surface area (Å²) in [6.45, 7) is 1.82. The van der Waals surface area contributed by atoms with Gasteiger partial charge in [-0.3, -0.25) is 4.79 Å². The summed E-state index contributed by atoms with van der Waals surface area (Å²) in [4.78, 5) is 18.8. The van der Waals surface area contributed by atoms with E-state index in [0.29, 0.717) is 11.4 Å². The van der Waals surface area contributed by atoms with Gasteiger partial charge in [-0.25, -0.2) is 13.4 Å². The summed E-state index contributed by atoms with van der Waals surface area (Å²) in [5.74, 6) is 0.122. The third-order valence-corrected chi connectivity index (χ3v) is 7.65. The number of nitrogens with zero attached hydrogens (tertiary/aromatic N) is 3. The molecule has 1 amide bonds. The van der Waals surface area contributed by atoms with E-state index < -0.39 is 9.84 Å². The van der Waals surface area contributed by atoms with E-state index in [2.05, 4.69) is 4.98 Å². The van der Waals surface area contributed by atoms with E-state index in [1.54, 1.807) is 18.0 Å². The first-order valence-corrected chi connectivity index (χ1v) is 11.0. The van der Waals surface area contributed by atoms with E-state index in [-0.39, 0.29) is 28.7 Å². The van der Waals surface area contributed by atoms with Gasteiger partial charge in [0, 0.05) is 25.2 Å². The topological polar surface area (TPSA) is 72.3 Å². The van der Waals surface area contributed by atoms with Gasteiger partial charge in [-0.2, -0.15) is 0 Å². The Morgan fingerprint density at radius 1 is 1.48 bits per heavy atom. The van der Waals surface area contributed by atoms with Crippen LogP contribution in [0.1, 0.15) is 13.3 Å². The third kappa shape index (κ3) is 3.80. The van der Waals surface area contributed by atoms with E-state index in [1.165, 1.54) is 11.8 Å². The highest BCUT2D eigenvalue weighted by molar-refractivity contribution is 8.00. The molecule has 1 aromatic heterocycles. The molecule has 1 aromatic carbocycles. The molecule has 0 spiro atoms. The summed E-state index contributed by atoms with van der Waals surface area (Å²) in [7, 11) is 0.563. The Morgan fingerprint density at radius 3 is 2.84 bits per heavy atom. The number of benzene rings is 1. The van der Waals surface area contributed by atoms with Crippen molar-refractivity contribution in [1.29, 1.82) is 0 Å². The lowest BCUT2D eigenvalue weighted by molar-refractivity contribution is -0.130. The average molecular weight is 402 g/mol. The minimum Gasteiger partial charge on any atom is -0.341 e. The van der Waals surface area contributed by atoms with Gasteiger partial charge < -0.3 is 9.47 Å².